The molecule has 0 radical (unpaired) electrons. The molecule has 2 aromatic carbocycles. The highest BCUT2D eigenvalue weighted by molar-refractivity contribution is 6.14. The van der Waals surface area contributed by atoms with Crippen LogP contribution < -0.4 is 9.47 Å². The van der Waals surface area contributed by atoms with E-state index in [1.807, 2.05) is 48.5 Å². The second-order valence-electron chi connectivity index (χ2n) is 6.71. The Hall–Kier alpha value is -2.59. The number of para-hydroxylation sites is 1. The molecule has 0 saturated heterocycles. The van der Waals surface area contributed by atoms with Gasteiger partial charge in [0, 0.05) is 5.57 Å². The van der Waals surface area contributed by atoms with Crippen LogP contribution in [0, 0.1) is 0 Å². The fourth-order valence-electron chi connectivity index (χ4n) is 2.86. The maximum atomic E-state index is 12.6. The number of rotatable bonds is 7. The molecule has 3 rings (SSSR count). The number of unbranched alkanes of at least 4 members (excludes halogenated alkanes) is 1. The molecular formula is C22H25NO3. The van der Waals surface area contributed by atoms with Crippen LogP contribution in [0.25, 0.3) is 6.08 Å². The molecule has 0 amide bonds. The normalized spacial score (nSPS) is 15.0. The van der Waals surface area contributed by atoms with Gasteiger partial charge in [0.05, 0.1) is 12.2 Å². The molecule has 26 heavy (non-hydrogen) atoms. The number of hydrogen-bond donors (Lipinski definition) is 0. The van der Waals surface area contributed by atoms with E-state index in [2.05, 4.69) is 19.0 Å². The number of ether oxygens (including phenoxy) is 2. The second kappa shape index (κ2) is 8.68. The van der Waals surface area contributed by atoms with Gasteiger partial charge in [-0.15, -0.1) is 0 Å². The van der Waals surface area contributed by atoms with E-state index in [0.717, 1.165) is 37.3 Å². The van der Waals surface area contributed by atoms with Crippen LogP contribution in [0.3, 0.4) is 0 Å². The van der Waals surface area contributed by atoms with E-state index in [4.69, 9.17) is 9.47 Å². The minimum atomic E-state index is 0.0352. The number of nitrogens with zero attached hydrogens (tertiary/aromatic N) is 1. The van der Waals surface area contributed by atoms with Gasteiger partial charge in [-0.05, 0) is 69.4 Å². The van der Waals surface area contributed by atoms with Crippen molar-refractivity contribution >= 4 is 11.9 Å². The number of carbonyl (C=O) groups is 1. The lowest BCUT2D eigenvalue weighted by atomic mass is 9.98. The topological polar surface area (TPSA) is 38.8 Å². The summed E-state index contributed by atoms with van der Waals surface area (Å²) in [6.07, 6.45) is 4.05. The standard InChI is InChI=1S/C22H25NO3/c1-23(2)13-5-6-14-25-19-11-9-17(10-12-19)15-18-16-26-21-8-4-3-7-20(21)22(18)24/h3-4,7-12,15H,5-6,13-14,16H2,1-2H3/b18-15+. The van der Waals surface area contributed by atoms with Gasteiger partial charge in [-0.1, -0.05) is 24.3 Å². The highest BCUT2D eigenvalue weighted by atomic mass is 16.5. The third-order valence-electron chi connectivity index (χ3n) is 4.30. The first-order valence-electron chi connectivity index (χ1n) is 8.98. The molecule has 0 bridgehead atoms. The lowest BCUT2D eigenvalue weighted by Gasteiger charge is -2.18. The fraction of sp³-hybridized carbons (Fsp3) is 0.318. The molecule has 0 N–H and O–H groups in total. The lowest BCUT2D eigenvalue weighted by Crippen LogP contribution is -2.18. The van der Waals surface area contributed by atoms with Crippen molar-refractivity contribution in [1.29, 1.82) is 0 Å². The lowest BCUT2D eigenvalue weighted by molar-refractivity contribution is 0.100. The Morgan fingerprint density at radius 2 is 1.85 bits per heavy atom. The van der Waals surface area contributed by atoms with Crippen molar-refractivity contribution in [3.05, 3.63) is 65.2 Å². The zero-order valence-electron chi connectivity index (χ0n) is 15.4. The maximum absolute atomic E-state index is 12.6. The molecule has 1 aliphatic rings. The van der Waals surface area contributed by atoms with Crippen LogP contribution >= 0.6 is 0 Å². The monoisotopic (exact) mass is 351 g/mol. The molecule has 1 heterocycles. The average molecular weight is 351 g/mol. The van der Waals surface area contributed by atoms with Crippen LogP contribution in [0.15, 0.2) is 54.1 Å². The first-order valence-corrected chi connectivity index (χ1v) is 8.98. The predicted molar refractivity (Wildman–Crippen MR) is 104 cm³/mol. The van der Waals surface area contributed by atoms with Crippen molar-refractivity contribution in [1.82, 2.24) is 4.90 Å². The first-order chi connectivity index (χ1) is 12.6. The molecule has 0 fully saturated rings. The van der Waals surface area contributed by atoms with Gasteiger partial charge in [0.2, 0.25) is 0 Å². The maximum Gasteiger partial charge on any atom is 0.196 e. The van der Waals surface area contributed by atoms with E-state index in [1.165, 1.54) is 0 Å². The summed E-state index contributed by atoms with van der Waals surface area (Å²) in [7, 11) is 4.16. The number of carbonyl (C=O) groups excluding carboxylic acids is 1. The van der Waals surface area contributed by atoms with E-state index in [-0.39, 0.29) is 5.78 Å². The summed E-state index contributed by atoms with van der Waals surface area (Å²) in [6, 6.07) is 15.2. The number of Topliss-reactive ketones (excluding diaryl/α,β-unsaturated/α-hetero) is 1. The van der Waals surface area contributed by atoms with Crippen LogP contribution in [0.1, 0.15) is 28.8 Å². The Bertz CT molecular complexity index is 778. The minimum Gasteiger partial charge on any atom is -0.494 e. The molecule has 4 heteroatoms. The van der Waals surface area contributed by atoms with Crippen LogP contribution in [-0.4, -0.2) is 44.5 Å². The number of ketones is 1. The van der Waals surface area contributed by atoms with Crippen molar-refractivity contribution < 1.29 is 14.3 Å². The van der Waals surface area contributed by atoms with E-state index >= 15 is 0 Å². The molecule has 0 spiro atoms. The summed E-state index contributed by atoms with van der Waals surface area (Å²) in [5.74, 6) is 1.55. The van der Waals surface area contributed by atoms with Crippen LogP contribution in [0.4, 0.5) is 0 Å². The van der Waals surface area contributed by atoms with Crippen LogP contribution in [0.2, 0.25) is 0 Å². The molecule has 0 aliphatic carbocycles. The molecule has 136 valence electrons. The van der Waals surface area contributed by atoms with E-state index in [1.54, 1.807) is 6.07 Å². The summed E-state index contributed by atoms with van der Waals surface area (Å²) in [5.41, 5.74) is 2.26. The summed E-state index contributed by atoms with van der Waals surface area (Å²) < 4.78 is 11.4. The SMILES string of the molecule is CN(C)CCCCOc1ccc(/C=C2\COc3ccccc3C2=O)cc1. The van der Waals surface area contributed by atoms with Gasteiger partial charge < -0.3 is 14.4 Å². The minimum absolute atomic E-state index is 0.0352. The van der Waals surface area contributed by atoms with Crippen molar-refractivity contribution in [3.8, 4) is 11.5 Å². The molecule has 1 aliphatic heterocycles. The Morgan fingerprint density at radius 1 is 1.08 bits per heavy atom. The molecule has 0 unspecified atom stereocenters. The molecule has 2 aromatic rings. The van der Waals surface area contributed by atoms with Gasteiger partial charge in [0.25, 0.3) is 0 Å². The van der Waals surface area contributed by atoms with Gasteiger partial charge in [-0.25, -0.2) is 0 Å². The number of benzene rings is 2. The van der Waals surface area contributed by atoms with Gasteiger partial charge in [-0.2, -0.15) is 0 Å². The van der Waals surface area contributed by atoms with Crippen molar-refractivity contribution in [2.45, 2.75) is 12.8 Å². The molecular weight excluding hydrogens is 326 g/mol. The van der Waals surface area contributed by atoms with Crippen LogP contribution in [0.5, 0.6) is 11.5 Å². The molecule has 4 nitrogen and oxygen atoms in total. The summed E-state index contributed by atoms with van der Waals surface area (Å²) in [5, 5.41) is 0. The van der Waals surface area contributed by atoms with Crippen molar-refractivity contribution in [2.24, 2.45) is 0 Å². The van der Waals surface area contributed by atoms with Gasteiger partial charge in [0.1, 0.15) is 18.1 Å². The highest BCUT2D eigenvalue weighted by Gasteiger charge is 2.22. The summed E-state index contributed by atoms with van der Waals surface area (Å²) in [6.45, 7) is 2.10. The Kier molecular flexibility index (Phi) is 6.08. The van der Waals surface area contributed by atoms with E-state index < -0.39 is 0 Å². The van der Waals surface area contributed by atoms with E-state index in [0.29, 0.717) is 23.5 Å². The average Bonchev–Trinajstić information content (AvgIpc) is 2.65. The van der Waals surface area contributed by atoms with Crippen molar-refractivity contribution in [3.63, 3.8) is 0 Å². The molecule has 0 saturated carbocycles. The van der Waals surface area contributed by atoms with Crippen LogP contribution in [-0.2, 0) is 0 Å². The number of hydrogen-bond acceptors (Lipinski definition) is 4. The second-order valence-corrected chi connectivity index (χ2v) is 6.71. The third kappa shape index (κ3) is 4.73. The molecule has 0 atom stereocenters. The smallest absolute Gasteiger partial charge is 0.196 e. The molecule has 0 aromatic heterocycles. The summed E-state index contributed by atoms with van der Waals surface area (Å²) in [4.78, 5) is 14.7. The zero-order valence-corrected chi connectivity index (χ0v) is 15.4. The third-order valence-corrected chi connectivity index (χ3v) is 4.30. The highest BCUT2D eigenvalue weighted by Crippen LogP contribution is 2.27. The van der Waals surface area contributed by atoms with Crippen molar-refractivity contribution in [2.75, 3.05) is 33.9 Å². The largest absolute Gasteiger partial charge is 0.494 e. The quantitative estimate of drug-likeness (QED) is 0.557. The Labute approximate surface area is 155 Å². The van der Waals surface area contributed by atoms with Gasteiger partial charge in [-0.3, -0.25) is 4.79 Å². The first kappa shape index (κ1) is 18.2. The Morgan fingerprint density at radius 3 is 2.62 bits per heavy atom. The Balaban J connectivity index is 1.57. The van der Waals surface area contributed by atoms with E-state index in [9.17, 15) is 4.79 Å². The zero-order chi connectivity index (χ0) is 18.4. The number of fused-ring (bicyclic) bond motifs is 1. The predicted octanol–water partition coefficient (Wildman–Crippen LogP) is 4.07. The van der Waals surface area contributed by atoms with Gasteiger partial charge in [0.15, 0.2) is 5.78 Å². The summed E-state index contributed by atoms with van der Waals surface area (Å²) >= 11 is 0. The van der Waals surface area contributed by atoms with Gasteiger partial charge >= 0.3 is 0 Å². The fourth-order valence-corrected chi connectivity index (χ4v) is 2.86.